The molecule has 1 aliphatic heterocycles. The number of amides is 2. The molecule has 0 radical (unpaired) electrons. The highest BCUT2D eigenvalue weighted by Gasteiger charge is 2.21. The largest absolute Gasteiger partial charge is 0.495 e. The van der Waals surface area contributed by atoms with Gasteiger partial charge in [-0.1, -0.05) is 12.1 Å². The number of likely N-dealkylation sites (tertiary alicyclic amines) is 1. The van der Waals surface area contributed by atoms with Crippen LogP contribution in [-0.2, 0) is 0 Å². The topological polar surface area (TPSA) is 71.5 Å². The molecule has 0 atom stereocenters. The lowest BCUT2D eigenvalue weighted by molar-refractivity contribution is 0.0787. The minimum atomic E-state index is -0.375. The second kappa shape index (κ2) is 7.34. The molecule has 1 aromatic carbocycles. The highest BCUT2D eigenvalue weighted by molar-refractivity contribution is 6.04. The summed E-state index contributed by atoms with van der Waals surface area (Å²) in [5, 5.41) is 2.80. The quantitative estimate of drug-likeness (QED) is 0.930. The zero-order valence-corrected chi connectivity index (χ0v) is 14.4. The third-order valence-corrected chi connectivity index (χ3v) is 4.20. The third kappa shape index (κ3) is 3.79. The second-order valence-electron chi connectivity index (χ2n) is 6.07. The number of hydrogen-bond acceptors (Lipinski definition) is 4. The molecule has 130 valence electrons. The molecule has 1 aliphatic rings. The van der Waals surface area contributed by atoms with Crippen molar-refractivity contribution >= 4 is 17.5 Å². The number of nitrogens with zero attached hydrogens (tertiary/aromatic N) is 2. The van der Waals surface area contributed by atoms with E-state index in [0.29, 0.717) is 17.1 Å². The number of anilines is 1. The zero-order chi connectivity index (χ0) is 17.8. The normalized spacial score (nSPS) is 13.6. The number of hydrogen-bond donors (Lipinski definition) is 1. The number of nitrogens with one attached hydrogen (secondary N) is 1. The van der Waals surface area contributed by atoms with Gasteiger partial charge in [-0.3, -0.25) is 9.59 Å². The maximum absolute atomic E-state index is 12.5. The van der Waals surface area contributed by atoms with Crippen LogP contribution in [0.2, 0.25) is 0 Å². The molecule has 0 aliphatic carbocycles. The number of rotatable bonds is 4. The molecule has 6 heteroatoms. The summed E-state index contributed by atoms with van der Waals surface area (Å²) in [6.07, 6.45) is 2.03. The summed E-state index contributed by atoms with van der Waals surface area (Å²) in [4.78, 5) is 31.0. The van der Waals surface area contributed by atoms with Crippen LogP contribution in [0.25, 0.3) is 0 Å². The van der Waals surface area contributed by atoms with Crippen LogP contribution in [0.4, 0.5) is 5.69 Å². The van der Waals surface area contributed by atoms with Crippen LogP contribution in [0.3, 0.4) is 0 Å². The predicted octanol–water partition coefficient (Wildman–Crippen LogP) is 2.89. The van der Waals surface area contributed by atoms with E-state index in [0.717, 1.165) is 31.5 Å². The molecule has 6 nitrogen and oxygen atoms in total. The molecule has 1 aromatic heterocycles. The number of ether oxygens (including phenoxy) is 1. The van der Waals surface area contributed by atoms with Crippen molar-refractivity contribution in [3.63, 3.8) is 0 Å². The van der Waals surface area contributed by atoms with Crippen molar-refractivity contribution in [1.82, 2.24) is 9.88 Å². The maximum atomic E-state index is 12.5. The molecule has 2 amide bonds. The Morgan fingerprint density at radius 1 is 1.12 bits per heavy atom. The Kier molecular flexibility index (Phi) is 4.97. The van der Waals surface area contributed by atoms with Gasteiger partial charge in [-0.15, -0.1) is 0 Å². The van der Waals surface area contributed by atoms with Crippen molar-refractivity contribution in [1.29, 1.82) is 0 Å². The Labute approximate surface area is 146 Å². The van der Waals surface area contributed by atoms with Gasteiger partial charge in [-0.2, -0.15) is 0 Å². The third-order valence-electron chi connectivity index (χ3n) is 4.20. The van der Waals surface area contributed by atoms with Crippen LogP contribution in [0.5, 0.6) is 5.75 Å². The lowest BCUT2D eigenvalue weighted by atomic mass is 10.2. The van der Waals surface area contributed by atoms with Crippen molar-refractivity contribution in [2.45, 2.75) is 19.8 Å². The Bertz CT molecular complexity index is 798. The van der Waals surface area contributed by atoms with E-state index in [9.17, 15) is 9.59 Å². The van der Waals surface area contributed by atoms with E-state index in [1.165, 1.54) is 0 Å². The first-order chi connectivity index (χ1) is 12.1. The first-order valence-electron chi connectivity index (χ1n) is 8.31. The van der Waals surface area contributed by atoms with Crippen molar-refractivity contribution in [2.75, 3.05) is 25.5 Å². The van der Waals surface area contributed by atoms with Gasteiger partial charge in [0.25, 0.3) is 11.8 Å². The minimum absolute atomic E-state index is 0.125. The minimum Gasteiger partial charge on any atom is -0.495 e. The Balaban J connectivity index is 1.80. The fourth-order valence-corrected chi connectivity index (χ4v) is 2.87. The molecule has 0 spiro atoms. The maximum Gasteiger partial charge on any atom is 0.274 e. The fourth-order valence-electron chi connectivity index (χ4n) is 2.87. The molecule has 2 heterocycles. The van der Waals surface area contributed by atoms with E-state index >= 15 is 0 Å². The lowest BCUT2D eigenvalue weighted by Gasteiger charge is -2.15. The number of pyridine rings is 1. The predicted molar refractivity (Wildman–Crippen MR) is 95.1 cm³/mol. The van der Waals surface area contributed by atoms with Crippen LogP contribution in [0, 0.1) is 6.92 Å². The monoisotopic (exact) mass is 339 g/mol. The first kappa shape index (κ1) is 17.0. The summed E-state index contributed by atoms with van der Waals surface area (Å²) in [5.74, 6) is 0.0727. The second-order valence-corrected chi connectivity index (χ2v) is 6.07. The van der Waals surface area contributed by atoms with Crippen molar-refractivity contribution in [2.24, 2.45) is 0 Å². The Hall–Kier alpha value is -2.89. The highest BCUT2D eigenvalue weighted by Crippen LogP contribution is 2.25. The molecule has 2 aromatic rings. The van der Waals surface area contributed by atoms with E-state index in [1.807, 2.05) is 19.1 Å². The van der Waals surface area contributed by atoms with E-state index in [4.69, 9.17) is 4.74 Å². The van der Waals surface area contributed by atoms with Gasteiger partial charge in [0.05, 0.1) is 12.8 Å². The van der Waals surface area contributed by atoms with Gasteiger partial charge in [-0.25, -0.2) is 4.98 Å². The van der Waals surface area contributed by atoms with E-state index in [1.54, 1.807) is 36.3 Å². The molecule has 0 unspecified atom stereocenters. The summed E-state index contributed by atoms with van der Waals surface area (Å²) < 4.78 is 5.27. The van der Waals surface area contributed by atoms with Crippen LogP contribution >= 0.6 is 0 Å². The SMILES string of the molecule is COc1ccc(C)cc1NC(=O)c1cccc(C(=O)N2CCCC2)n1. The van der Waals surface area contributed by atoms with Crippen LogP contribution in [0.1, 0.15) is 39.4 Å². The number of aryl methyl sites for hydroxylation is 1. The van der Waals surface area contributed by atoms with Crippen LogP contribution in [0.15, 0.2) is 36.4 Å². The Morgan fingerprint density at radius 2 is 1.84 bits per heavy atom. The molecule has 25 heavy (non-hydrogen) atoms. The van der Waals surface area contributed by atoms with Gasteiger partial charge < -0.3 is 15.0 Å². The van der Waals surface area contributed by atoms with Gasteiger partial charge in [-0.05, 0) is 49.6 Å². The highest BCUT2D eigenvalue weighted by atomic mass is 16.5. The summed E-state index contributed by atoms with van der Waals surface area (Å²) in [5.41, 5.74) is 2.08. The number of methoxy groups -OCH3 is 1. The standard InChI is InChI=1S/C19H21N3O3/c1-13-8-9-17(25-2)16(12-13)21-18(23)14-6-5-7-15(20-14)19(24)22-10-3-4-11-22/h5-9,12H,3-4,10-11H2,1-2H3,(H,21,23). The molecule has 1 N–H and O–H groups in total. The van der Waals surface area contributed by atoms with Crippen molar-refractivity contribution < 1.29 is 14.3 Å². The Morgan fingerprint density at radius 3 is 2.56 bits per heavy atom. The molecule has 1 saturated heterocycles. The average molecular weight is 339 g/mol. The van der Waals surface area contributed by atoms with Crippen molar-refractivity contribution in [3.8, 4) is 5.75 Å². The number of benzene rings is 1. The van der Waals surface area contributed by atoms with Gasteiger partial charge in [0.15, 0.2) is 0 Å². The number of carbonyl (C=O) groups excluding carboxylic acids is 2. The summed E-state index contributed by atoms with van der Waals surface area (Å²) >= 11 is 0. The molecular formula is C19H21N3O3. The summed E-state index contributed by atoms with van der Waals surface area (Å²) in [6.45, 7) is 3.43. The van der Waals surface area contributed by atoms with Gasteiger partial charge in [0, 0.05) is 13.1 Å². The summed E-state index contributed by atoms with van der Waals surface area (Å²) in [6, 6.07) is 10.4. The van der Waals surface area contributed by atoms with Crippen LogP contribution in [-0.4, -0.2) is 41.9 Å². The van der Waals surface area contributed by atoms with Gasteiger partial charge in [0.2, 0.25) is 0 Å². The van der Waals surface area contributed by atoms with E-state index < -0.39 is 0 Å². The van der Waals surface area contributed by atoms with Crippen molar-refractivity contribution in [3.05, 3.63) is 53.3 Å². The molecular weight excluding hydrogens is 318 g/mol. The summed E-state index contributed by atoms with van der Waals surface area (Å²) in [7, 11) is 1.55. The van der Waals surface area contributed by atoms with E-state index in [-0.39, 0.29) is 17.5 Å². The lowest BCUT2D eigenvalue weighted by Crippen LogP contribution is -2.29. The zero-order valence-electron chi connectivity index (χ0n) is 14.4. The van der Waals surface area contributed by atoms with E-state index in [2.05, 4.69) is 10.3 Å². The molecule has 3 rings (SSSR count). The number of aromatic nitrogens is 1. The average Bonchev–Trinajstić information content (AvgIpc) is 3.16. The van der Waals surface area contributed by atoms with Crippen LogP contribution < -0.4 is 10.1 Å². The molecule has 0 bridgehead atoms. The molecule has 0 saturated carbocycles. The van der Waals surface area contributed by atoms with Gasteiger partial charge in [0.1, 0.15) is 17.1 Å². The fraction of sp³-hybridized carbons (Fsp3) is 0.316. The van der Waals surface area contributed by atoms with Gasteiger partial charge >= 0.3 is 0 Å². The smallest absolute Gasteiger partial charge is 0.274 e. The molecule has 1 fully saturated rings. The number of carbonyl (C=O) groups is 2. The first-order valence-corrected chi connectivity index (χ1v) is 8.31.